The molecule has 0 spiro atoms. The second-order valence-corrected chi connectivity index (χ2v) is 4.37. The average Bonchev–Trinajstić information content (AvgIpc) is 2.24. The second-order valence-electron chi connectivity index (χ2n) is 3.98. The Hall–Kier alpha value is -1.20. The summed E-state index contributed by atoms with van der Waals surface area (Å²) in [5.74, 6) is -0.343. The van der Waals surface area contributed by atoms with Crippen LogP contribution in [0.2, 0.25) is 5.15 Å². The highest BCUT2D eigenvalue weighted by Gasteiger charge is 2.34. The first-order valence-electron chi connectivity index (χ1n) is 5.07. The fourth-order valence-corrected chi connectivity index (χ4v) is 1.62. The molecule has 0 aromatic carbocycles. The fourth-order valence-electron chi connectivity index (χ4n) is 1.53. The molecule has 0 radical (unpaired) electrons. The smallest absolute Gasteiger partial charge is 0.271 e. The van der Waals surface area contributed by atoms with Crippen molar-refractivity contribution < 1.29 is 9.90 Å². The Morgan fingerprint density at radius 3 is 2.75 bits per heavy atom. The van der Waals surface area contributed by atoms with Gasteiger partial charge in [-0.3, -0.25) is 4.79 Å². The van der Waals surface area contributed by atoms with Crippen molar-refractivity contribution in [1.29, 1.82) is 0 Å². The van der Waals surface area contributed by atoms with Crippen LogP contribution in [0.5, 0.6) is 0 Å². The lowest BCUT2D eigenvalue weighted by Crippen LogP contribution is -2.47. The van der Waals surface area contributed by atoms with Gasteiger partial charge in [-0.2, -0.15) is 0 Å². The first-order chi connectivity index (χ1) is 7.59. The minimum Gasteiger partial charge on any atom is -0.388 e. The van der Waals surface area contributed by atoms with Crippen LogP contribution >= 0.6 is 11.6 Å². The van der Waals surface area contributed by atoms with Gasteiger partial charge in [0.15, 0.2) is 0 Å². The van der Waals surface area contributed by atoms with Crippen LogP contribution in [0.25, 0.3) is 0 Å². The largest absolute Gasteiger partial charge is 0.388 e. The van der Waals surface area contributed by atoms with Gasteiger partial charge >= 0.3 is 0 Å². The van der Waals surface area contributed by atoms with Gasteiger partial charge in [-0.05, 0) is 19.3 Å². The zero-order valence-corrected chi connectivity index (χ0v) is 9.37. The summed E-state index contributed by atoms with van der Waals surface area (Å²) < 4.78 is 0. The number of carbonyl (C=O) groups is 1. The van der Waals surface area contributed by atoms with Crippen LogP contribution in [0.15, 0.2) is 12.4 Å². The molecule has 6 heteroatoms. The molecule has 0 unspecified atom stereocenters. The molecule has 1 fully saturated rings. The third-order valence-corrected chi connectivity index (χ3v) is 2.91. The highest BCUT2D eigenvalue weighted by molar-refractivity contribution is 6.29. The van der Waals surface area contributed by atoms with Crippen LogP contribution in [0.4, 0.5) is 0 Å². The Morgan fingerprint density at radius 1 is 1.50 bits per heavy atom. The van der Waals surface area contributed by atoms with E-state index in [9.17, 15) is 9.90 Å². The summed E-state index contributed by atoms with van der Waals surface area (Å²) in [6, 6.07) is 0. The highest BCUT2D eigenvalue weighted by Crippen LogP contribution is 2.30. The van der Waals surface area contributed by atoms with E-state index in [-0.39, 0.29) is 23.3 Å². The number of nitrogens with zero attached hydrogens (tertiary/aromatic N) is 2. The molecule has 1 heterocycles. The van der Waals surface area contributed by atoms with Crippen molar-refractivity contribution in [2.75, 3.05) is 6.54 Å². The van der Waals surface area contributed by atoms with E-state index < -0.39 is 5.60 Å². The summed E-state index contributed by atoms with van der Waals surface area (Å²) in [5, 5.41) is 12.6. The minimum atomic E-state index is -0.727. The molecule has 2 N–H and O–H groups in total. The molecule has 0 bridgehead atoms. The number of halogens is 1. The lowest BCUT2D eigenvalue weighted by molar-refractivity contribution is -0.0300. The predicted molar refractivity (Wildman–Crippen MR) is 58.2 cm³/mol. The maximum atomic E-state index is 11.6. The Kier molecular flexibility index (Phi) is 3.07. The van der Waals surface area contributed by atoms with Gasteiger partial charge in [0, 0.05) is 6.54 Å². The maximum Gasteiger partial charge on any atom is 0.271 e. The first kappa shape index (κ1) is 11.3. The van der Waals surface area contributed by atoms with Gasteiger partial charge in [0.1, 0.15) is 10.8 Å². The van der Waals surface area contributed by atoms with Crippen molar-refractivity contribution >= 4 is 17.5 Å². The molecule has 0 atom stereocenters. The molecule has 2 rings (SSSR count). The van der Waals surface area contributed by atoms with E-state index in [1.54, 1.807) is 0 Å². The summed E-state index contributed by atoms with van der Waals surface area (Å²) in [5.41, 5.74) is -0.525. The van der Waals surface area contributed by atoms with E-state index in [2.05, 4.69) is 15.3 Å². The number of rotatable bonds is 3. The summed E-state index contributed by atoms with van der Waals surface area (Å²) in [7, 11) is 0. The number of hydrogen-bond donors (Lipinski definition) is 2. The number of aliphatic hydroxyl groups is 1. The van der Waals surface area contributed by atoms with E-state index in [4.69, 9.17) is 11.6 Å². The van der Waals surface area contributed by atoms with Gasteiger partial charge in [0.2, 0.25) is 0 Å². The van der Waals surface area contributed by atoms with Crippen molar-refractivity contribution in [3.63, 3.8) is 0 Å². The number of hydrogen-bond acceptors (Lipinski definition) is 4. The summed E-state index contributed by atoms with van der Waals surface area (Å²) in [6.07, 6.45) is 5.10. The molecule has 16 heavy (non-hydrogen) atoms. The number of amides is 1. The van der Waals surface area contributed by atoms with Crippen LogP contribution < -0.4 is 5.32 Å². The Balaban J connectivity index is 1.90. The minimum absolute atomic E-state index is 0.201. The van der Waals surface area contributed by atoms with E-state index in [1.807, 2.05) is 0 Å². The fraction of sp³-hybridized carbons (Fsp3) is 0.500. The molecule has 1 aromatic rings. The number of carbonyl (C=O) groups excluding carboxylic acids is 1. The molecule has 1 saturated carbocycles. The maximum absolute atomic E-state index is 11.6. The van der Waals surface area contributed by atoms with E-state index in [1.165, 1.54) is 12.4 Å². The number of nitrogens with one attached hydrogen (secondary N) is 1. The van der Waals surface area contributed by atoms with Crippen LogP contribution in [0.3, 0.4) is 0 Å². The second kappa shape index (κ2) is 4.35. The van der Waals surface area contributed by atoms with Crippen LogP contribution in [-0.2, 0) is 0 Å². The van der Waals surface area contributed by atoms with Gasteiger partial charge < -0.3 is 10.4 Å². The molecule has 0 aliphatic heterocycles. The Labute approximate surface area is 97.9 Å². The molecular weight excluding hydrogens is 230 g/mol. The molecule has 86 valence electrons. The standard InChI is InChI=1S/C10H12ClN3O2/c11-8-5-12-7(4-13-8)9(15)14-6-10(16)2-1-3-10/h4-5,16H,1-3,6H2,(H,14,15). The Bertz CT molecular complexity index is 390. The molecule has 0 saturated heterocycles. The molecule has 1 aromatic heterocycles. The highest BCUT2D eigenvalue weighted by atomic mass is 35.5. The van der Waals surface area contributed by atoms with Crippen LogP contribution in [0.1, 0.15) is 29.8 Å². The van der Waals surface area contributed by atoms with E-state index in [0.29, 0.717) is 0 Å². The third-order valence-electron chi connectivity index (χ3n) is 2.72. The molecule has 1 aliphatic carbocycles. The van der Waals surface area contributed by atoms with Crippen LogP contribution in [0, 0.1) is 0 Å². The third kappa shape index (κ3) is 2.48. The molecular formula is C10H12ClN3O2. The zero-order chi connectivity index (χ0) is 11.6. The number of aromatic nitrogens is 2. The molecule has 1 amide bonds. The predicted octanol–water partition coefficient (Wildman–Crippen LogP) is 0.775. The normalized spacial score (nSPS) is 17.6. The van der Waals surface area contributed by atoms with E-state index >= 15 is 0 Å². The van der Waals surface area contributed by atoms with Crippen molar-refractivity contribution in [2.45, 2.75) is 24.9 Å². The van der Waals surface area contributed by atoms with Gasteiger partial charge in [-0.1, -0.05) is 11.6 Å². The van der Waals surface area contributed by atoms with Crippen molar-refractivity contribution in [1.82, 2.24) is 15.3 Å². The van der Waals surface area contributed by atoms with Gasteiger partial charge in [-0.15, -0.1) is 0 Å². The SMILES string of the molecule is O=C(NCC1(O)CCC1)c1cnc(Cl)cn1. The zero-order valence-electron chi connectivity index (χ0n) is 8.61. The van der Waals surface area contributed by atoms with Crippen molar-refractivity contribution in [3.8, 4) is 0 Å². The lowest BCUT2D eigenvalue weighted by atomic mass is 9.80. The monoisotopic (exact) mass is 241 g/mol. The topological polar surface area (TPSA) is 75.1 Å². The quantitative estimate of drug-likeness (QED) is 0.820. The summed E-state index contributed by atoms with van der Waals surface area (Å²) >= 11 is 5.55. The average molecular weight is 242 g/mol. The molecule has 1 aliphatic rings. The van der Waals surface area contributed by atoms with Crippen molar-refractivity contribution in [3.05, 3.63) is 23.2 Å². The summed E-state index contributed by atoms with van der Waals surface area (Å²) in [4.78, 5) is 19.2. The Morgan fingerprint density at radius 2 is 2.25 bits per heavy atom. The van der Waals surface area contributed by atoms with Crippen molar-refractivity contribution in [2.24, 2.45) is 0 Å². The van der Waals surface area contributed by atoms with Gasteiger partial charge in [0.05, 0.1) is 18.0 Å². The summed E-state index contributed by atoms with van der Waals surface area (Å²) in [6.45, 7) is 0.260. The lowest BCUT2D eigenvalue weighted by Gasteiger charge is -2.36. The van der Waals surface area contributed by atoms with Crippen LogP contribution in [-0.4, -0.2) is 33.1 Å². The molecule has 5 nitrogen and oxygen atoms in total. The van der Waals surface area contributed by atoms with Gasteiger partial charge in [-0.25, -0.2) is 9.97 Å². The first-order valence-corrected chi connectivity index (χ1v) is 5.45. The van der Waals surface area contributed by atoms with Gasteiger partial charge in [0.25, 0.3) is 5.91 Å². The van der Waals surface area contributed by atoms with E-state index in [0.717, 1.165) is 19.3 Å².